The van der Waals surface area contributed by atoms with Gasteiger partial charge in [-0.15, -0.1) is 0 Å². The molecular weight excluding hydrogens is 335 g/mol. The third kappa shape index (κ3) is 4.52. The number of aliphatic hydroxyl groups excluding tert-OH is 1. The highest BCUT2D eigenvalue weighted by Gasteiger charge is 2.25. The summed E-state index contributed by atoms with van der Waals surface area (Å²) in [4.78, 5) is 9.62. The molecule has 136 valence electrons. The summed E-state index contributed by atoms with van der Waals surface area (Å²) in [6.07, 6.45) is 0.705. The van der Waals surface area contributed by atoms with Crippen molar-refractivity contribution < 1.29 is 19.7 Å². The number of hydrogen-bond acceptors (Lipinski definition) is 3. The summed E-state index contributed by atoms with van der Waals surface area (Å²) >= 11 is 0. The monoisotopic (exact) mass is 362 g/mol. The molecule has 0 aliphatic carbocycles. The Morgan fingerprint density at radius 1 is 1.08 bits per heavy atom. The van der Waals surface area contributed by atoms with Crippen molar-refractivity contribution in [1.82, 2.24) is 0 Å². The highest BCUT2D eigenvalue weighted by molar-refractivity contribution is 7.57. The van der Waals surface area contributed by atoms with Crippen molar-refractivity contribution in [2.24, 2.45) is 0 Å². The summed E-state index contributed by atoms with van der Waals surface area (Å²) in [7, 11) is -3.60. The van der Waals surface area contributed by atoms with Crippen LogP contribution in [0.15, 0.2) is 30.3 Å². The molecule has 5 heteroatoms. The Morgan fingerprint density at radius 2 is 1.64 bits per heavy atom. The molecule has 2 aromatic carbocycles. The van der Waals surface area contributed by atoms with Gasteiger partial charge in [0.25, 0.3) is 0 Å². The van der Waals surface area contributed by atoms with Crippen molar-refractivity contribution in [3.05, 3.63) is 63.7 Å². The molecule has 0 aromatic heterocycles. The van der Waals surface area contributed by atoms with E-state index >= 15 is 0 Å². The molecule has 25 heavy (non-hydrogen) atoms. The Hall–Kier alpha value is -1.61. The lowest BCUT2D eigenvalue weighted by atomic mass is 9.92. The van der Waals surface area contributed by atoms with Crippen molar-refractivity contribution in [2.45, 2.75) is 45.9 Å². The minimum atomic E-state index is -3.60. The van der Waals surface area contributed by atoms with Gasteiger partial charge in [-0.3, -0.25) is 4.57 Å². The van der Waals surface area contributed by atoms with Crippen molar-refractivity contribution in [2.75, 3.05) is 6.66 Å². The molecule has 0 radical (unpaired) electrons. The van der Waals surface area contributed by atoms with Gasteiger partial charge in [0.1, 0.15) is 5.75 Å². The molecule has 0 spiro atoms. The van der Waals surface area contributed by atoms with E-state index in [0.29, 0.717) is 17.7 Å². The Morgan fingerprint density at radius 3 is 2.12 bits per heavy atom. The van der Waals surface area contributed by atoms with Gasteiger partial charge in [-0.05, 0) is 65.6 Å². The first-order chi connectivity index (χ1) is 11.5. The molecule has 3 N–H and O–H groups in total. The Balaban J connectivity index is 2.39. The van der Waals surface area contributed by atoms with Crippen LogP contribution in [0.4, 0.5) is 0 Å². The first-order valence-electron chi connectivity index (χ1n) is 8.40. The number of aliphatic hydroxyl groups is 1. The molecule has 0 saturated heterocycles. The van der Waals surface area contributed by atoms with Crippen LogP contribution in [0.3, 0.4) is 0 Å². The zero-order chi connectivity index (χ0) is 18.9. The fourth-order valence-corrected chi connectivity index (χ4v) is 3.81. The van der Waals surface area contributed by atoms with E-state index in [9.17, 15) is 19.7 Å². The molecule has 0 heterocycles. The van der Waals surface area contributed by atoms with Gasteiger partial charge >= 0.3 is 0 Å². The smallest absolute Gasteiger partial charge is 0.229 e. The highest BCUT2D eigenvalue weighted by atomic mass is 31.2. The van der Waals surface area contributed by atoms with Gasteiger partial charge in [0.05, 0.1) is 0 Å². The normalized spacial score (nSPS) is 15.2. The largest absolute Gasteiger partial charge is 0.508 e. The average molecular weight is 362 g/mol. The lowest BCUT2D eigenvalue weighted by Crippen LogP contribution is -2.03. The number of aryl methyl sites for hydroxylation is 2. The lowest BCUT2D eigenvalue weighted by Gasteiger charge is -2.19. The predicted octanol–water partition coefficient (Wildman–Crippen LogP) is 4.61. The number of phenols is 1. The van der Waals surface area contributed by atoms with E-state index in [0.717, 1.165) is 27.8 Å². The van der Waals surface area contributed by atoms with Crippen LogP contribution in [0, 0.1) is 13.8 Å². The molecule has 2 rings (SSSR count). The number of benzene rings is 2. The first kappa shape index (κ1) is 19.7. The molecule has 0 saturated carbocycles. The van der Waals surface area contributed by atoms with Crippen molar-refractivity contribution >= 4 is 7.37 Å². The number of aromatic hydroxyl groups is 1. The van der Waals surface area contributed by atoms with Crippen LogP contribution in [0.2, 0.25) is 0 Å². The molecule has 2 atom stereocenters. The first-order valence-corrected chi connectivity index (χ1v) is 10.6. The van der Waals surface area contributed by atoms with Gasteiger partial charge in [0, 0.05) is 6.66 Å². The van der Waals surface area contributed by atoms with E-state index in [-0.39, 0.29) is 5.92 Å². The Labute approximate surface area is 149 Å². The zero-order valence-electron chi connectivity index (χ0n) is 15.4. The van der Waals surface area contributed by atoms with Crippen LogP contribution in [0.25, 0.3) is 0 Å². The van der Waals surface area contributed by atoms with Crippen LogP contribution >= 0.6 is 7.37 Å². The molecular formula is C20H27O4P. The van der Waals surface area contributed by atoms with Gasteiger partial charge < -0.3 is 15.1 Å². The molecule has 0 bridgehead atoms. The highest BCUT2D eigenvalue weighted by Crippen LogP contribution is 2.50. The van der Waals surface area contributed by atoms with Crippen LogP contribution in [0.5, 0.6) is 5.75 Å². The quantitative estimate of drug-likeness (QED) is 0.679. The standard InChI is InChI=1S/C20H27O4P/c1-12(2)17-10-15(6-7-19(17)21)11-18-13(3)8-16(9-14(18)4)20(22)25(5,23)24/h6-10,12,20-22H,11H2,1-5H3,(H,23,24). The fourth-order valence-electron chi connectivity index (χ4n) is 3.11. The van der Waals surface area contributed by atoms with Crippen molar-refractivity contribution in [1.29, 1.82) is 0 Å². The van der Waals surface area contributed by atoms with Crippen LogP contribution < -0.4 is 0 Å². The maximum absolute atomic E-state index is 11.7. The molecule has 2 aromatic rings. The van der Waals surface area contributed by atoms with Gasteiger partial charge in [-0.2, -0.15) is 0 Å². The molecule has 0 fully saturated rings. The SMILES string of the molecule is Cc1cc(C(O)P(C)(=O)O)cc(C)c1Cc1ccc(O)c(C(C)C)c1. The summed E-state index contributed by atoms with van der Waals surface area (Å²) in [6.45, 7) is 9.15. The van der Waals surface area contributed by atoms with Crippen LogP contribution in [0.1, 0.15) is 59.0 Å². The van der Waals surface area contributed by atoms with E-state index in [1.165, 1.54) is 6.66 Å². The van der Waals surface area contributed by atoms with E-state index in [2.05, 4.69) is 0 Å². The predicted molar refractivity (Wildman–Crippen MR) is 102 cm³/mol. The molecule has 4 nitrogen and oxygen atoms in total. The summed E-state index contributed by atoms with van der Waals surface area (Å²) in [6, 6.07) is 9.23. The second kappa shape index (κ2) is 7.33. The van der Waals surface area contributed by atoms with E-state index < -0.39 is 13.2 Å². The maximum Gasteiger partial charge on any atom is 0.229 e. The minimum absolute atomic E-state index is 0.239. The number of phenolic OH excluding ortho intramolecular Hbond substituents is 1. The summed E-state index contributed by atoms with van der Waals surface area (Å²) in [5.41, 5.74) is 5.57. The lowest BCUT2D eigenvalue weighted by molar-refractivity contribution is 0.236. The van der Waals surface area contributed by atoms with Crippen LogP contribution in [-0.2, 0) is 11.0 Å². The summed E-state index contributed by atoms with van der Waals surface area (Å²) in [5.74, 6) is -0.810. The molecule has 2 unspecified atom stereocenters. The van der Waals surface area contributed by atoms with Crippen LogP contribution in [-0.4, -0.2) is 21.8 Å². The third-order valence-electron chi connectivity index (χ3n) is 4.57. The summed E-state index contributed by atoms with van der Waals surface area (Å²) < 4.78 is 11.7. The zero-order valence-corrected chi connectivity index (χ0v) is 16.3. The Kier molecular flexibility index (Phi) is 5.78. The second-order valence-corrected chi connectivity index (χ2v) is 9.55. The maximum atomic E-state index is 11.7. The fraction of sp³-hybridized carbons (Fsp3) is 0.400. The van der Waals surface area contributed by atoms with E-state index in [4.69, 9.17) is 0 Å². The van der Waals surface area contributed by atoms with Crippen molar-refractivity contribution in [3.63, 3.8) is 0 Å². The van der Waals surface area contributed by atoms with Gasteiger partial charge in [-0.1, -0.05) is 38.1 Å². The number of hydrogen-bond donors (Lipinski definition) is 3. The van der Waals surface area contributed by atoms with Gasteiger partial charge in [0.2, 0.25) is 7.37 Å². The third-order valence-corrected chi connectivity index (χ3v) is 5.77. The minimum Gasteiger partial charge on any atom is -0.508 e. The summed E-state index contributed by atoms with van der Waals surface area (Å²) in [5, 5.41) is 20.1. The topological polar surface area (TPSA) is 77.8 Å². The molecule has 0 amide bonds. The average Bonchev–Trinajstić information content (AvgIpc) is 2.50. The number of rotatable bonds is 5. The van der Waals surface area contributed by atoms with Gasteiger partial charge in [-0.25, -0.2) is 0 Å². The van der Waals surface area contributed by atoms with E-state index in [1.54, 1.807) is 18.2 Å². The van der Waals surface area contributed by atoms with Crippen molar-refractivity contribution in [3.8, 4) is 5.75 Å². The second-order valence-electron chi connectivity index (χ2n) is 7.17. The Bertz CT molecular complexity index is 797. The van der Waals surface area contributed by atoms with Gasteiger partial charge in [0.15, 0.2) is 5.85 Å². The molecule has 0 aliphatic rings. The molecule has 0 aliphatic heterocycles. The van der Waals surface area contributed by atoms with E-state index in [1.807, 2.05) is 39.8 Å².